The molecule has 8 nitrogen and oxygen atoms in total. The maximum atomic E-state index is 12.3. The minimum atomic E-state index is -3.21. The number of fused-ring (bicyclic) bond motifs is 1. The van der Waals surface area contributed by atoms with E-state index in [9.17, 15) is 13.2 Å². The fourth-order valence-corrected chi connectivity index (χ4v) is 3.32. The van der Waals surface area contributed by atoms with Gasteiger partial charge in [0.05, 0.1) is 6.26 Å². The van der Waals surface area contributed by atoms with Crippen molar-refractivity contribution in [1.82, 2.24) is 24.2 Å². The zero-order chi connectivity index (χ0) is 15.0. The van der Waals surface area contributed by atoms with Gasteiger partial charge in [0.1, 0.15) is 6.33 Å². The lowest BCUT2D eigenvalue weighted by molar-refractivity contribution is 0.239. The van der Waals surface area contributed by atoms with Crippen LogP contribution in [0.2, 0.25) is 0 Å². The largest absolute Gasteiger partial charge is 0.333 e. The topological polar surface area (TPSA) is 97.2 Å². The van der Waals surface area contributed by atoms with E-state index in [4.69, 9.17) is 0 Å². The first-order valence-electron chi connectivity index (χ1n) is 6.48. The van der Waals surface area contributed by atoms with E-state index in [2.05, 4.69) is 15.3 Å². The summed E-state index contributed by atoms with van der Waals surface area (Å²) in [7, 11) is -3.21. The Balaban J connectivity index is 1.73. The van der Waals surface area contributed by atoms with E-state index in [1.165, 1.54) is 21.5 Å². The highest BCUT2D eigenvalue weighted by Gasteiger charge is 2.29. The van der Waals surface area contributed by atoms with E-state index in [1.807, 2.05) is 0 Å². The standard InChI is InChI=1S/C12H15N5O3S/c1-21(19,20)16-4-3-10(7-16)15-12(18)17-5-2-9-6-13-8-14-11(9)17/h2,5-6,8,10H,3-4,7H2,1H3,(H,15,18). The van der Waals surface area contributed by atoms with E-state index >= 15 is 0 Å². The van der Waals surface area contributed by atoms with Crippen molar-refractivity contribution in [2.75, 3.05) is 19.3 Å². The van der Waals surface area contributed by atoms with Crippen LogP contribution in [-0.2, 0) is 10.0 Å². The minimum absolute atomic E-state index is 0.188. The molecule has 3 rings (SSSR count). The van der Waals surface area contributed by atoms with Crippen molar-refractivity contribution in [3.63, 3.8) is 0 Å². The predicted molar refractivity (Wildman–Crippen MR) is 76.3 cm³/mol. The monoisotopic (exact) mass is 309 g/mol. The summed E-state index contributed by atoms with van der Waals surface area (Å²) in [5, 5.41) is 3.61. The molecule has 0 bridgehead atoms. The summed E-state index contributed by atoms with van der Waals surface area (Å²) in [5.41, 5.74) is 0.528. The molecule has 0 spiro atoms. The maximum absolute atomic E-state index is 12.3. The minimum Gasteiger partial charge on any atom is -0.333 e. The van der Waals surface area contributed by atoms with Gasteiger partial charge in [0.25, 0.3) is 0 Å². The molecule has 2 aromatic rings. The molecule has 2 aromatic heterocycles. The van der Waals surface area contributed by atoms with E-state index in [0.717, 1.165) is 5.39 Å². The third-order valence-electron chi connectivity index (χ3n) is 3.52. The normalized spacial score (nSPS) is 20.0. The van der Waals surface area contributed by atoms with Crippen LogP contribution < -0.4 is 5.32 Å². The second-order valence-corrected chi connectivity index (χ2v) is 7.03. The van der Waals surface area contributed by atoms with Gasteiger partial charge in [-0.1, -0.05) is 0 Å². The molecule has 3 heterocycles. The van der Waals surface area contributed by atoms with Gasteiger partial charge in [0, 0.05) is 36.9 Å². The van der Waals surface area contributed by atoms with Gasteiger partial charge in [-0.05, 0) is 12.5 Å². The Morgan fingerprint density at radius 1 is 1.48 bits per heavy atom. The summed E-state index contributed by atoms with van der Waals surface area (Å²) < 4.78 is 25.7. The number of carbonyl (C=O) groups is 1. The van der Waals surface area contributed by atoms with E-state index in [0.29, 0.717) is 25.2 Å². The first-order chi connectivity index (χ1) is 9.95. The smallest absolute Gasteiger partial charge is 0.327 e. The summed E-state index contributed by atoms with van der Waals surface area (Å²) in [6, 6.07) is 1.25. The summed E-state index contributed by atoms with van der Waals surface area (Å²) >= 11 is 0. The number of rotatable bonds is 2. The van der Waals surface area contributed by atoms with E-state index < -0.39 is 10.0 Å². The molecule has 1 atom stereocenters. The fourth-order valence-electron chi connectivity index (χ4n) is 2.43. The molecule has 0 saturated carbocycles. The van der Waals surface area contributed by atoms with Crippen LogP contribution in [0.1, 0.15) is 6.42 Å². The molecule has 0 radical (unpaired) electrons. The van der Waals surface area contributed by atoms with Crippen LogP contribution in [0.5, 0.6) is 0 Å². The third kappa shape index (κ3) is 2.74. The SMILES string of the molecule is CS(=O)(=O)N1CCC(NC(=O)n2ccc3cncnc32)C1. The molecular formula is C12H15N5O3S. The van der Waals surface area contributed by atoms with Gasteiger partial charge in [-0.25, -0.2) is 27.5 Å². The first kappa shape index (κ1) is 14.0. The molecule has 1 fully saturated rings. The Labute approximate surface area is 121 Å². The second-order valence-electron chi connectivity index (χ2n) is 5.04. The Morgan fingerprint density at radius 3 is 3.00 bits per heavy atom. The zero-order valence-corrected chi connectivity index (χ0v) is 12.2. The lowest BCUT2D eigenvalue weighted by Gasteiger charge is -2.15. The molecular weight excluding hydrogens is 294 g/mol. The number of nitrogens with zero attached hydrogens (tertiary/aromatic N) is 4. The Kier molecular flexibility index (Phi) is 3.38. The van der Waals surface area contributed by atoms with Crippen LogP contribution >= 0.6 is 0 Å². The number of hydrogen-bond acceptors (Lipinski definition) is 5. The molecule has 9 heteroatoms. The molecule has 0 aromatic carbocycles. The van der Waals surface area contributed by atoms with Gasteiger partial charge in [0.15, 0.2) is 5.65 Å². The molecule has 1 aliphatic heterocycles. The molecule has 1 amide bonds. The number of aromatic nitrogens is 3. The Hall–Kier alpha value is -2.00. The summed E-state index contributed by atoms with van der Waals surface area (Å²) in [5.74, 6) is 0. The second kappa shape index (κ2) is 5.08. The maximum Gasteiger partial charge on any atom is 0.327 e. The number of amides is 1. The van der Waals surface area contributed by atoms with Crippen LogP contribution in [0, 0.1) is 0 Å². The van der Waals surface area contributed by atoms with Crippen molar-refractivity contribution in [3.05, 3.63) is 24.8 Å². The van der Waals surface area contributed by atoms with Gasteiger partial charge in [-0.15, -0.1) is 0 Å². The average Bonchev–Trinajstić information content (AvgIpc) is 3.03. The lowest BCUT2D eigenvalue weighted by atomic mass is 10.3. The fraction of sp³-hybridized carbons (Fsp3) is 0.417. The molecule has 1 saturated heterocycles. The highest BCUT2D eigenvalue weighted by molar-refractivity contribution is 7.88. The van der Waals surface area contributed by atoms with Gasteiger partial charge in [0.2, 0.25) is 10.0 Å². The first-order valence-corrected chi connectivity index (χ1v) is 8.33. The zero-order valence-electron chi connectivity index (χ0n) is 11.4. The Morgan fingerprint density at radius 2 is 2.29 bits per heavy atom. The van der Waals surface area contributed by atoms with Crippen molar-refractivity contribution < 1.29 is 13.2 Å². The lowest BCUT2D eigenvalue weighted by Crippen LogP contribution is -2.40. The van der Waals surface area contributed by atoms with Gasteiger partial charge < -0.3 is 5.32 Å². The van der Waals surface area contributed by atoms with Crippen molar-refractivity contribution in [1.29, 1.82) is 0 Å². The summed E-state index contributed by atoms with van der Waals surface area (Å²) in [6.45, 7) is 0.733. The quantitative estimate of drug-likeness (QED) is 0.843. The van der Waals surface area contributed by atoms with Crippen LogP contribution in [0.4, 0.5) is 4.79 Å². The van der Waals surface area contributed by atoms with E-state index in [-0.39, 0.29) is 12.1 Å². The summed E-state index contributed by atoms with van der Waals surface area (Å²) in [6.07, 6.45) is 6.42. The van der Waals surface area contributed by atoms with E-state index in [1.54, 1.807) is 18.5 Å². The number of nitrogens with one attached hydrogen (secondary N) is 1. The van der Waals surface area contributed by atoms with Gasteiger partial charge in [-0.3, -0.25) is 4.57 Å². The predicted octanol–water partition coefficient (Wildman–Crippen LogP) is 0.0229. The molecule has 0 aliphatic carbocycles. The van der Waals surface area contributed by atoms with Gasteiger partial charge in [-0.2, -0.15) is 0 Å². The number of hydrogen-bond donors (Lipinski definition) is 1. The number of sulfonamides is 1. The Bertz CT molecular complexity index is 785. The van der Waals surface area contributed by atoms with Crippen molar-refractivity contribution in [2.45, 2.75) is 12.5 Å². The highest BCUT2D eigenvalue weighted by Crippen LogP contribution is 2.14. The van der Waals surface area contributed by atoms with Crippen molar-refractivity contribution >= 4 is 27.1 Å². The van der Waals surface area contributed by atoms with Crippen LogP contribution in [0.25, 0.3) is 11.0 Å². The van der Waals surface area contributed by atoms with Gasteiger partial charge >= 0.3 is 6.03 Å². The summed E-state index contributed by atoms with van der Waals surface area (Å²) in [4.78, 5) is 20.2. The molecule has 112 valence electrons. The molecule has 21 heavy (non-hydrogen) atoms. The molecule has 1 aliphatic rings. The van der Waals surface area contributed by atoms with Crippen molar-refractivity contribution in [2.24, 2.45) is 0 Å². The molecule has 1 N–H and O–H groups in total. The van der Waals surface area contributed by atoms with Crippen LogP contribution in [0.15, 0.2) is 24.8 Å². The number of carbonyl (C=O) groups excluding carboxylic acids is 1. The van der Waals surface area contributed by atoms with Crippen molar-refractivity contribution in [3.8, 4) is 0 Å². The van der Waals surface area contributed by atoms with Crippen LogP contribution in [-0.4, -0.2) is 58.7 Å². The molecule has 1 unspecified atom stereocenters. The van der Waals surface area contributed by atoms with Crippen LogP contribution in [0.3, 0.4) is 0 Å². The third-order valence-corrected chi connectivity index (χ3v) is 4.79. The average molecular weight is 309 g/mol. The highest BCUT2D eigenvalue weighted by atomic mass is 32.2.